The summed E-state index contributed by atoms with van der Waals surface area (Å²) in [5.74, 6) is 0. The maximum Gasteiger partial charge on any atom is 0.0511 e. The van der Waals surface area contributed by atoms with Crippen LogP contribution in [-0.2, 0) is 0 Å². The van der Waals surface area contributed by atoms with Crippen molar-refractivity contribution in [2.24, 2.45) is 0 Å². The molecule has 1 unspecified atom stereocenters. The van der Waals surface area contributed by atoms with Crippen LogP contribution in [0.3, 0.4) is 0 Å². The Morgan fingerprint density at radius 3 is 2.16 bits per heavy atom. The van der Waals surface area contributed by atoms with Gasteiger partial charge in [0.1, 0.15) is 0 Å². The van der Waals surface area contributed by atoms with Gasteiger partial charge in [-0.05, 0) is 42.3 Å². The summed E-state index contributed by atoms with van der Waals surface area (Å²) in [5, 5.41) is 4.74. The summed E-state index contributed by atoms with van der Waals surface area (Å²) < 4.78 is 1.08. The second-order valence-electron chi connectivity index (χ2n) is 4.31. The van der Waals surface area contributed by atoms with Crippen LogP contribution in [0.1, 0.15) is 24.9 Å². The van der Waals surface area contributed by atoms with Gasteiger partial charge in [0.25, 0.3) is 0 Å². The van der Waals surface area contributed by atoms with Gasteiger partial charge in [-0.3, -0.25) is 0 Å². The zero-order valence-electron chi connectivity index (χ0n) is 10.5. The smallest absolute Gasteiger partial charge is 0.0511 e. The van der Waals surface area contributed by atoms with Gasteiger partial charge in [-0.15, -0.1) is 0 Å². The highest BCUT2D eigenvalue weighted by Crippen LogP contribution is 2.28. The third-order valence-electron chi connectivity index (χ3n) is 2.88. The summed E-state index contributed by atoms with van der Waals surface area (Å²) in [7, 11) is 0. The number of rotatable bonds is 4. The first kappa shape index (κ1) is 14.7. The van der Waals surface area contributed by atoms with E-state index in [9.17, 15) is 0 Å². The molecule has 0 radical (unpaired) electrons. The molecule has 0 saturated heterocycles. The number of benzene rings is 2. The maximum absolute atomic E-state index is 6.01. The lowest BCUT2D eigenvalue weighted by Crippen LogP contribution is -2.09. The Hall–Kier alpha value is -0.700. The van der Waals surface area contributed by atoms with E-state index in [1.807, 2.05) is 24.3 Å². The van der Waals surface area contributed by atoms with E-state index in [0.29, 0.717) is 10.0 Å². The molecule has 0 saturated carbocycles. The van der Waals surface area contributed by atoms with Gasteiger partial charge >= 0.3 is 0 Å². The first-order valence-electron chi connectivity index (χ1n) is 6.06. The highest BCUT2D eigenvalue weighted by molar-refractivity contribution is 9.10. The first-order chi connectivity index (χ1) is 9.08. The van der Waals surface area contributed by atoms with Crippen LogP contribution in [0.25, 0.3) is 0 Å². The molecule has 0 spiro atoms. The molecule has 4 heteroatoms. The van der Waals surface area contributed by atoms with Gasteiger partial charge in [-0.25, -0.2) is 0 Å². The van der Waals surface area contributed by atoms with Crippen LogP contribution >= 0.6 is 39.1 Å². The molecule has 0 amide bonds. The standard InChI is InChI=1S/C15H14BrCl2N/c1-2-15(10-3-5-11(16)6-4-10)19-14-8-12(17)7-13(18)9-14/h3-9,15,19H,2H2,1H3. The third-order valence-corrected chi connectivity index (χ3v) is 3.85. The molecule has 0 bridgehead atoms. The summed E-state index contributed by atoms with van der Waals surface area (Å²) in [6.45, 7) is 2.14. The Balaban J connectivity index is 2.21. The van der Waals surface area contributed by atoms with Crippen molar-refractivity contribution < 1.29 is 0 Å². The number of hydrogen-bond acceptors (Lipinski definition) is 1. The second-order valence-corrected chi connectivity index (χ2v) is 6.10. The van der Waals surface area contributed by atoms with Crippen LogP contribution in [0.4, 0.5) is 5.69 Å². The summed E-state index contributed by atoms with van der Waals surface area (Å²) >= 11 is 15.5. The van der Waals surface area contributed by atoms with Crippen molar-refractivity contribution in [3.63, 3.8) is 0 Å². The highest BCUT2D eigenvalue weighted by Gasteiger charge is 2.09. The Labute approximate surface area is 132 Å². The van der Waals surface area contributed by atoms with Gasteiger partial charge < -0.3 is 5.32 Å². The molecule has 0 fully saturated rings. The van der Waals surface area contributed by atoms with Crippen molar-refractivity contribution in [2.75, 3.05) is 5.32 Å². The minimum absolute atomic E-state index is 0.239. The molecule has 19 heavy (non-hydrogen) atoms. The first-order valence-corrected chi connectivity index (χ1v) is 7.61. The Bertz CT molecular complexity index is 534. The second kappa shape index (κ2) is 6.65. The summed E-state index contributed by atoms with van der Waals surface area (Å²) in [6.07, 6.45) is 0.978. The number of nitrogens with one attached hydrogen (secondary N) is 1. The number of hydrogen-bond donors (Lipinski definition) is 1. The lowest BCUT2D eigenvalue weighted by atomic mass is 10.0. The molecule has 1 nitrogen and oxygen atoms in total. The number of anilines is 1. The lowest BCUT2D eigenvalue weighted by Gasteiger charge is -2.19. The third kappa shape index (κ3) is 4.13. The van der Waals surface area contributed by atoms with Gasteiger partial charge in [0.15, 0.2) is 0 Å². The molecular formula is C15H14BrCl2N. The number of halogens is 3. The van der Waals surface area contributed by atoms with E-state index >= 15 is 0 Å². The molecule has 2 aromatic carbocycles. The molecule has 0 aromatic heterocycles. The highest BCUT2D eigenvalue weighted by atomic mass is 79.9. The van der Waals surface area contributed by atoms with Crippen molar-refractivity contribution in [1.82, 2.24) is 0 Å². The van der Waals surface area contributed by atoms with Gasteiger partial charge in [0.2, 0.25) is 0 Å². The molecule has 1 atom stereocenters. The summed E-state index contributed by atoms with van der Waals surface area (Å²) in [5.41, 5.74) is 2.18. The van der Waals surface area contributed by atoms with Crippen LogP contribution in [0.2, 0.25) is 10.0 Å². The Kier molecular flexibility index (Phi) is 5.14. The van der Waals surface area contributed by atoms with Crippen molar-refractivity contribution in [3.8, 4) is 0 Å². The van der Waals surface area contributed by atoms with Gasteiger partial charge in [-0.1, -0.05) is 58.2 Å². The van der Waals surface area contributed by atoms with E-state index < -0.39 is 0 Å². The predicted octanol–water partition coefficient (Wildman–Crippen LogP) is 6.32. The van der Waals surface area contributed by atoms with E-state index in [4.69, 9.17) is 23.2 Å². The Morgan fingerprint density at radius 2 is 1.63 bits per heavy atom. The van der Waals surface area contributed by atoms with Gasteiger partial charge in [-0.2, -0.15) is 0 Å². The molecule has 0 aliphatic rings. The van der Waals surface area contributed by atoms with Crippen molar-refractivity contribution in [3.05, 3.63) is 62.5 Å². The van der Waals surface area contributed by atoms with E-state index in [1.165, 1.54) is 5.56 Å². The van der Waals surface area contributed by atoms with Crippen molar-refractivity contribution >= 4 is 44.8 Å². The lowest BCUT2D eigenvalue weighted by molar-refractivity contribution is 0.749. The van der Waals surface area contributed by atoms with Crippen LogP contribution in [0.5, 0.6) is 0 Å². The van der Waals surface area contributed by atoms with Crippen LogP contribution in [-0.4, -0.2) is 0 Å². The summed E-state index contributed by atoms with van der Waals surface area (Å²) in [6, 6.07) is 14.0. The quantitative estimate of drug-likeness (QED) is 0.674. The van der Waals surface area contributed by atoms with E-state index in [2.05, 4.69) is 40.3 Å². The SMILES string of the molecule is CCC(Nc1cc(Cl)cc(Cl)c1)c1ccc(Br)cc1. The van der Waals surface area contributed by atoms with Gasteiger partial charge in [0.05, 0.1) is 6.04 Å². The molecule has 0 aliphatic carbocycles. The van der Waals surface area contributed by atoms with Crippen LogP contribution < -0.4 is 5.32 Å². The average Bonchev–Trinajstić information content (AvgIpc) is 2.36. The minimum atomic E-state index is 0.239. The molecule has 2 aromatic rings. The average molecular weight is 359 g/mol. The fraction of sp³-hybridized carbons (Fsp3) is 0.200. The molecule has 1 N–H and O–H groups in total. The Morgan fingerprint density at radius 1 is 1.05 bits per heavy atom. The van der Waals surface area contributed by atoms with Crippen molar-refractivity contribution in [2.45, 2.75) is 19.4 Å². The van der Waals surface area contributed by atoms with Crippen LogP contribution in [0, 0.1) is 0 Å². The fourth-order valence-electron chi connectivity index (χ4n) is 1.95. The van der Waals surface area contributed by atoms with E-state index in [1.54, 1.807) is 6.07 Å². The molecular weight excluding hydrogens is 345 g/mol. The molecule has 100 valence electrons. The van der Waals surface area contributed by atoms with Gasteiger partial charge in [0, 0.05) is 20.2 Å². The van der Waals surface area contributed by atoms with Crippen molar-refractivity contribution in [1.29, 1.82) is 0 Å². The molecule has 0 aliphatic heterocycles. The van der Waals surface area contributed by atoms with E-state index in [-0.39, 0.29) is 6.04 Å². The monoisotopic (exact) mass is 357 g/mol. The largest absolute Gasteiger partial charge is 0.378 e. The normalized spacial score (nSPS) is 12.2. The minimum Gasteiger partial charge on any atom is -0.378 e. The topological polar surface area (TPSA) is 12.0 Å². The van der Waals surface area contributed by atoms with E-state index in [0.717, 1.165) is 16.6 Å². The fourth-order valence-corrected chi connectivity index (χ4v) is 2.74. The molecule has 0 heterocycles. The zero-order chi connectivity index (χ0) is 13.8. The summed E-state index contributed by atoms with van der Waals surface area (Å²) in [4.78, 5) is 0. The predicted molar refractivity (Wildman–Crippen MR) is 87.3 cm³/mol. The van der Waals surface area contributed by atoms with Crippen LogP contribution in [0.15, 0.2) is 46.9 Å². The maximum atomic E-state index is 6.01. The molecule has 2 rings (SSSR count). The zero-order valence-corrected chi connectivity index (χ0v) is 13.6.